The molecule has 0 aromatic carbocycles. The minimum absolute atomic E-state index is 0.102. The number of rotatable bonds is 3. The van der Waals surface area contributed by atoms with Crippen LogP contribution in [0.3, 0.4) is 0 Å². The molecule has 0 unspecified atom stereocenters. The van der Waals surface area contributed by atoms with Crippen LogP contribution < -0.4 is 5.73 Å². The van der Waals surface area contributed by atoms with Gasteiger partial charge in [0.05, 0.1) is 24.2 Å². The highest BCUT2D eigenvalue weighted by atomic mass is 32.2. The van der Waals surface area contributed by atoms with E-state index in [0.29, 0.717) is 23.0 Å². The lowest BCUT2D eigenvalue weighted by atomic mass is 10.2. The van der Waals surface area contributed by atoms with Gasteiger partial charge in [-0.3, -0.25) is 9.78 Å². The summed E-state index contributed by atoms with van der Waals surface area (Å²) in [5.41, 5.74) is 6.63. The normalized spacial score (nSPS) is 18.9. The number of carbonyl (C=O) groups excluding carboxylic acids is 1. The number of aliphatic carboxylic acids is 1. The van der Waals surface area contributed by atoms with Crippen LogP contribution in [-0.2, 0) is 16.0 Å². The van der Waals surface area contributed by atoms with E-state index in [2.05, 4.69) is 4.98 Å². The van der Waals surface area contributed by atoms with Crippen molar-refractivity contribution in [3.05, 3.63) is 24.0 Å². The molecule has 1 amide bonds. The number of hydrogen-bond donors (Lipinski definition) is 2. The molecule has 0 bridgehead atoms. The zero-order valence-electron chi connectivity index (χ0n) is 9.57. The molecule has 1 saturated heterocycles. The van der Waals surface area contributed by atoms with Crippen LogP contribution in [0.4, 0.5) is 5.69 Å². The van der Waals surface area contributed by atoms with Crippen molar-refractivity contribution in [2.45, 2.75) is 12.5 Å². The monoisotopic (exact) mass is 267 g/mol. The number of carboxylic acids is 1. The molecule has 1 atom stereocenters. The van der Waals surface area contributed by atoms with Gasteiger partial charge >= 0.3 is 5.97 Å². The second kappa shape index (κ2) is 5.26. The molecule has 0 saturated carbocycles. The van der Waals surface area contributed by atoms with Crippen LogP contribution in [0.1, 0.15) is 5.69 Å². The summed E-state index contributed by atoms with van der Waals surface area (Å²) in [6.45, 7) is 0. The van der Waals surface area contributed by atoms with Crippen LogP contribution in [0.25, 0.3) is 0 Å². The highest BCUT2D eigenvalue weighted by Crippen LogP contribution is 2.21. The SMILES string of the molecule is Nc1ccc(CC(=O)N2CSC[C@H]2C(=O)O)nc1. The first-order chi connectivity index (χ1) is 8.58. The smallest absolute Gasteiger partial charge is 0.327 e. The summed E-state index contributed by atoms with van der Waals surface area (Å²) in [5, 5.41) is 9.00. The van der Waals surface area contributed by atoms with Crippen molar-refractivity contribution >= 4 is 29.3 Å². The van der Waals surface area contributed by atoms with Crippen molar-refractivity contribution in [1.82, 2.24) is 9.88 Å². The number of carbonyl (C=O) groups is 2. The average molecular weight is 267 g/mol. The number of hydrogen-bond acceptors (Lipinski definition) is 5. The summed E-state index contributed by atoms with van der Waals surface area (Å²) in [4.78, 5) is 28.4. The van der Waals surface area contributed by atoms with Gasteiger partial charge in [0.25, 0.3) is 0 Å². The first kappa shape index (κ1) is 12.7. The number of nitrogens with zero attached hydrogens (tertiary/aromatic N) is 2. The van der Waals surface area contributed by atoms with Crippen LogP contribution in [0.15, 0.2) is 18.3 Å². The van der Waals surface area contributed by atoms with E-state index in [1.54, 1.807) is 12.1 Å². The van der Waals surface area contributed by atoms with Gasteiger partial charge in [0.2, 0.25) is 5.91 Å². The molecule has 2 rings (SSSR count). The lowest BCUT2D eigenvalue weighted by Gasteiger charge is -2.20. The predicted octanol–water partition coefficient (Wildman–Crippen LogP) is 0.192. The minimum atomic E-state index is -0.960. The second-order valence-electron chi connectivity index (χ2n) is 3.98. The topological polar surface area (TPSA) is 96.5 Å². The van der Waals surface area contributed by atoms with Crippen LogP contribution in [0.5, 0.6) is 0 Å². The maximum atomic E-state index is 12.0. The van der Waals surface area contributed by atoms with E-state index in [1.165, 1.54) is 22.9 Å². The average Bonchev–Trinajstić information content (AvgIpc) is 2.81. The van der Waals surface area contributed by atoms with Gasteiger partial charge < -0.3 is 15.7 Å². The predicted molar refractivity (Wildman–Crippen MR) is 67.9 cm³/mol. The Kier molecular flexibility index (Phi) is 3.71. The molecule has 96 valence electrons. The Morgan fingerprint density at radius 3 is 2.94 bits per heavy atom. The standard InChI is InChI=1S/C11H13N3O3S/c12-7-1-2-8(13-4-7)3-10(15)14-6-18-5-9(14)11(16)17/h1-2,4,9H,3,5-6,12H2,(H,16,17)/t9-/m0/s1. The van der Waals surface area contributed by atoms with Gasteiger partial charge in [-0.2, -0.15) is 0 Å². The van der Waals surface area contributed by atoms with Crippen LogP contribution >= 0.6 is 11.8 Å². The van der Waals surface area contributed by atoms with Gasteiger partial charge in [-0.1, -0.05) is 0 Å². The summed E-state index contributed by atoms with van der Waals surface area (Å²) in [7, 11) is 0. The fourth-order valence-corrected chi connectivity index (χ4v) is 2.86. The number of aromatic nitrogens is 1. The Hall–Kier alpha value is -1.76. The molecule has 1 aromatic rings. The summed E-state index contributed by atoms with van der Waals surface area (Å²) in [6, 6.07) is 2.62. The molecule has 18 heavy (non-hydrogen) atoms. The molecule has 7 heteroatoms. The molecule has 1 aliphatic heterocycles. The lowest BCUT2D eigenvalue weighted by molar-refractivity contribution is -0.147. The van der Waals surface area contributed by atoms with Gasteiger partial charge in [0, 0.05) is 11.4 Å². The number of amides is 1. The summed E-state index contributed by atoms with van der Waals surface area (Å²) in [6.07, 6.45) is 1.58. The molecule has 2 heterocycles. The third kappa shape index (κ3) is 2.73. The van der Waals surface area contributed by atoms with Gasteiger partial charge in [-0.25, -0.2) is 4.79 Å². The van der Waals surface area contributed by atoms with E-state index in [4.69, 9.17) is 10.8 Å². The summed E-state index contributed by atoms with van der Waals surface area (Å²) in [5.74, 6) is -0.315. The molecule has 0 radical (unpaired) electrons. The fraction of sp³-hybridized carbons (Fsp3) is 0.364. The van der Waals surface area contributed by atoms with E-state index in [0.717, 1.165) is 0 Å². The van der Waals surface area contributed by atoms with Gasteiger partial charge in [-0.05, 0) is 12.1 Å². The second-order valence-corrected chi connectivity index (χ2v) is 4.98. The van der Waals surface area contributed by atoms with Crippen molar-refractivity contribution in [3.63, 3.8) is 0 Å². The molecule has 1 fully saturated rings. The van der Waals surface area contributed by atoms with Crippen molar-refractivity contribution in [3.8, 4) is 0 Å². The molecule has 3 N–H and O–H groups in total. The van der Waals surface area contributed by atoms with E-state index < -0.39 is 12.0 Å². The molecular formula is C11H13N3O3S. The third-order valence-electron chi connectivity index (χ3n) is 2.67. The number of nitrogens with two attached hydrogens (primary N) is 1. The van der Waals surface area contributed by atoms with Crippen LogP contribution in [-0.4, -0.2) is 44.5 Å². The van der Waals surface area contributed by atoms with E-state index in [-0.39, 0.29) is 12.3 Å². The maximum Gasteiger partial charge on any atom is 0.327 e. The summed E-state index contributed by atoms with van der Waals surface area (Å²) < 4.78 is 0. The number of nitrogen functional groups attached to an aromatic ring is 1. The maximum absolute atomic E-state index is 12.0. The first-order valence-corrected chi connectivity index (χ1v) is 6.54. The Morgan fingerprint density at radius 2 is 2.33 bits per heavy atom. The number of pyridine rings is 1. The Bertz CT molecular complexity index is 463. The quantitative estimate of drug-likeness (QED) is 0.811. The fourth-order valence-electron chi connectivity index (χ4n) is 1.69. The number of thioether (sulfide) groups is 1. The van der Waals surface area contributed by atoms with Crippen LogP contribution in [0.2, 0.25) is 0 Å². The van der Waals surface area contributed by atoms with Gasteiger partial charge in [-0.15, -0.1) is 11.8 Å². The lowest BCUT2D eigenvalue weighted by Crippen LogP contribution is -2.42. The third-order valence-corrected chi connectivity index (χ3v) is 3.68. The van der Waals surface area contributed by atoms with Crippen molar-refractivity contribution in [1.29, 1.82) is 0 Å². The van der Waals surface area contributed by atoms with Gasteiger partial charge in [0.15, 0.2) is 0 Å². The Morgan fingerprint density at radius 1 is 1.56 bits per heavy atom. The van der Waals surface area contributed by atoms with Crippen LogP contribution in [0, 0.1) is 0 Å². The van der Waals surface area contributed by atoms with Crippen molar-refractivity contribution in [2.75, 3.05) is 17.4 Å². The zero-order valence-corrected chi connectivity index (χ0v) is 10.4. The highest BCUT2D eigenvalue weighted by Gasteiger charge is 2.34. The van der Waals surface area contributed by atoms with E-state index in [1.807, 2.05) is 0 Å². The number of carboxylic acid groups (broad SMARTS) is 1. The zero-order chi connectivity index (χ0) is 13.1. The summed E-state index contributed by atoms with van der Waals surface area (Å²) >= 11 is 1.44. The molecule has 0 spiro atoms. The van der Waals surface area contributed by atoms with E-state index in [9.17, 15) is 9.59 Å². The van der Waals surface area contributed by atoms with E-state index >= 15 is 0 Å². The first-order valence-electron chi connectivity index (χ1n) is 5.38. The molecular weight excluding hydrogens is 254 g/mol. The minimum Gasteiger partial charge on any atom is -0.480 e. The molecule has 1 aliphatic rings. The Balaban J connectivity index is 2.03. The van der Waals surface area contributed by atoms with Crippen molar-refractivity contribution < 1.29 is 14.7 Å². The Labute approximate surface area is 108 Å². The molecule has 1 aromatic heterocycles. The number of anilines is 1. The highest BCUT2D eigenvalue weighted by molar-refractivity contribution is 7.99. The largest absolute Gasteiger partial charge is 0.480 e. The molecule has 0 aliphatic carbocycles. The van der Waals surface area contributed by atoms with Crippen molar-refractivity contribution in [2.24, 2.45) is 0 Å². The van der Waals surface area contributed by atoms with Gasteiger partial charge in [0.1, 0.15) is 6.04 Å². The molecule has 6 nitrogen and oxygen atoms in total.